The van der Waals surface area contributed by atoms with E-state index in [2.05, 4.69) is 15.6 Å². The molecule has 0 bridgehead atoms. The molecule has 0 radical (unpaired) electrons. The average Bonchev–Trinajstić information content (AvgIpc) is 2.94. The molecule has 134 valence electrons. The first-order chi connectivity index (χ1) is 11.9. The molecule has 1 heterocycles. The number of nitrogens with zero attached hydrogens (tertiary/aromatic N) is 2. The number of hydrogen-bond donors (Lipinski definition) is 2. The zero-order valence-corrected chi connectivity index (χ0v) is 15.6. The molecule has 0 aliphatic carbocycles. The first-order valence-corrected chi connectivity index (χ1v) is 8.58. The lowest BCUT2D eigenvalue weighted by Crippen LogP contribution is -2.31. The molecule has 8 heteroatoms. The summed E-state index contributed by atoms with van der Waals surface area (Å²) in [6.45, 7) is 3.06. The van der Waals surface area contributed by atoms with E-state index in [1.54, 1.807) is 38.3 Å². The first-order valence-electron chi connectivity index (χ1n) is 7.76. The van der Waals surface area contributed by atoms with Crippen molar-refractivity contribution in [1.29, 1.82) is 0 Å². The smallest absolute Gasteiger partial charge is 0.263 e. The fraction of sp³-hybridized carbons (Fsp3) is 0.353. The Labute approximate surface area is 151 Å². The van der Waals surface area contributed by atoms with E-state index < -0.39 is 0 Å². The van der Waals surface area contributed by atoms with Gasteiger partial charge in [-0.05, 0) is 45.3 Å². The number of aromatic nitrogens is 1. The van der Waals surface area contributed by atoms with Gasteiger partial charge in [-0.3, -0.25) is 14.9 Å². The Morgan fingerprint density at radius 1 is 1.20 bits per heavy atom. The molecule has 0 spiro atoms. The van der Waals surface area contributed by atoms with Crippen LogP contribution in [0.25, 0.3) is 0 Å². The average molecular weight is 362 g/mol. The van der Waals surface area contributed by atoms with Crippen LogP contribution in [-0.2, 0) is 0 Å². The third-order valence-electron chi connectivity index (χ3n) is 3.42. The minimum absolute atomic E-state index is 0.179. The normalized spacial score (nSPS) is 10.6. The molecule has 2 amide bonds. The predicted octanol–water partition coefficient (Wildman–Crippen LogP) is 2.00. The number of carbonyl (C=O) groups is 2. The second-order valence-electron chi connectivity index (χ2n) is 5.68. The second-order valence-corrected chi connectivity index (χ2v) is 6.67. The standard InChI is InChI=1S/C17H22N4O3S/c1-11-14(16(23)18-9-10-21(2)3)25-17(19-11)20-15(22)12-5-7-13(24-4)8-6-12/h5-8H,9-10H2,1-4H3,(H,18,23)(H,19,20,22). The van der Waals surface area contributed by atoms with Gasteiger partial charge < -0.3 is 15.0 Å². The van der Waals surface area contributed by atoms with Crippen molar-refractivity contribution >= 4 is 28.3 Å². The van der Waals surface area contributed by atoms with Crippen LogP contribution in [0.2, 0.25) is 0 Å². The Morgan fingerprint density at radius 3 is 2.48 bits per heavy atom. The number of anilines is 1. The second kappa shape index (κ2) is 8.59. The molecule has 2 rings (SSSR count). The van der Waals surface area contributed by atoms with Crippen molar-refractivity contribution in [1.82, 2.24) is 15.2 Å². The van der Waals surface area contributed by atoms with E-state index in [4.69, 9.17) is 4.74 Å². The highest BCUT2D eigenvalue weighted by Gasteiger charge is 2.17. The first kappa shape index (κ1) is 18.9. The summed E-state index contributed by atoms with van der Waals surface area (Å²) in [5, 5.41) is 5.97. The number of rotatable bonds is 7. The van der Waals surface area contributed by atoms with Crippen molar-refractivity contribution in [3.8, 4) is 5.75 Å². The summed E-state index contributed by atoms with van der Waals surface area (Å²) >= 11 is 1.16. The Bertz CT molecular complexity index is 741. The van der Waals surface area contributed by atoms with Gasteiger partial charge in [0.05, 0.1) is 12.8 Å². The van der Waals surface area contributed by atoms with Crippen molar-refractivity contribution < 1.29 is 14.3 Å². The quantitative estimate of drug-likeness (QED) is 0.787. The van der Waals surface area contributed by atoms with Gasteiger partial charge in [0.15, 0.2) is 5.13 Å². The van der Waals surface area contributed by atoms with Gasteiger partial charge in [0.1, 0.15) is 10.6 Å². The Kier molecular flexibility index (Phi) is 6.49. The third kappa shape index (κ3) is 5.27. The highest BCUT2D eigenvalue weighted by atomic mass is 32.1. The number of likely N-dealkylation sites (N-methyl/N-ethyl adjacent to an activating group) is 1. The van der Waals surface area contributed by atoms with Gasteiger partial charge in [-0.15, -0.1) is 0 Å². The maximum Gasteiger partial charge on any atom is 0.263 e. The molecule has 2 aromatic rings. The van der Waals surface area contributed by atoms with Gasteiger partial charge in [0.25, 0.3) is 11.8 Å². The number of benzene rings is 1. The molecule has 25 heavy (non-hydrogen) atoms. The molecule has 0 aliphatic rings. The summed E-state index contributed by atoms with van der Waals surface area (Å²) in [6.07, 6.45) is 0. The molecule has 0 saturated heterocycles. The summed E-state index contributed by atoms with van der Waals surface area (Å²) in [4.78, 5) is 31.2. The molecule has 0 aliphatic heterocycles. The number of amides is 2. The van der Waals surface area contributed by atoms with Gasteiger partial charge in [-0.25, -0.2) is 4.98 Å². The topological polar surface area (TPSA) is 83.6 Å². The monoisotopic (exact) mass is 362 g/mol. The third-order valence-corrected chi connectivity index (χ3v) is 4.49. The molecular formula is C17H22N4O3S. The Balaban J connectivity index is 2.00. The van der Waals surface area contributed by atoms with E-state index in [-0.39, 0.29) is 11.8 Å². The zero-order chi connectivity index (χ0) is 18.4. The fourth-order valence-electron chi connectivity index (χ4n) is 2.05. The van der Waals surface area contributed by atoms with Crippen molar-refractivity contribution in [2.75, 3.05) is 39.6 Å². The van der Waals surface area contributed by atoms with Crippen LogP contribution >= 0.6 is 11.3 Å². The van der Waals surface area contributed by atoms with Gasteiger partial charge in [-0.1, -0.05) is 11.3 Å². The summed E-state index contributed by atoms with van der Waals surface area (Å²) in [5.74, 6) is 0.219. The van der Waals surface area contributed by atoms with Gasteiger partial charge in [0.2, 0.25) is 0 Å². The van der Waals surface area contributed by atoms with Gasteiger partial charge >= 0.3 is 0 Å². The van der Waals surface area contributed by atoms with Crippen molar-refractivity contribution in [3.63, 3.8) is 0 Å². The van der Waals surface area contributed by atoms with E-state index in [1.807, 2.05) is 19.0 Å². The van der Waals surface area contributed by atoms with Crippen LogP contribution in [-0.4, -0.2) is 56.0 Å². The number of ether oxygens (including phenoxy) is 1. The number of aryl methyl sites for hydroxylation is 1. The summed E-state index contributed by atoms with van der Waals surface area (Å²) in [6, 6.07) is 6.77. The van der Waals surface area contributed by atoms with Crippen LogP contribution in [0.3, 0.4) is 0 Å². The van der Waals surface area contributed by atoms with Crippen LogP contribution < -0.4 is 15.4 Å². The zero-order valence-electron chi connectivity index (χ0n) is 14.8. The van der Waals surface area contributed by atoms with Gasteiger partial charge in [-0.2, -0.15) is 0 Å². The van der Waals surface area contributed by atoms with Crippen molar-refractivity contribution in [2.45, 2.75) is 6.92 Å². The van der Waals surface area contributed by atoms with Crippen LogP contribution in [0.15, 0.2) is 24.3 Å². The van der Waals surface area contributed by atoms with E-state index in [9.17, 15) is 9.59 Å². The highest BCUT2D eigenvalue weighted by molar-refractivity contribution is 7.17. The summed E-state index contributed by atoms with van der Waals surface area (Å²) in [5.41, 5.74) is 1.09. The minimum atomic E-state index is -0.282. The number of nitrogens with one attached hydrogen (secondary N) is 2. The number of hydrogen-bond acceptors (Lipinski definition) is 6. The van der Waals surface area contributed by atoms with E-state index >= 15 is 0 Å². The van der Waals surface area contributed by atoms with Crippen LogP contribution in [0.1, 0.15) is 25.7 Å². The van der Waals surface area contributed by atoms with E-state index in [1.165, 1.54) is 0 Å². The van der Waals surface area contributed by atoms with Crippen LogP contribution in [0.4, 0.5) is 5.13 Å². The lowest BCUT2D eigenvalue weighted by Gasteiger charge is -2.09. The maximum atomic E-state index is 12.3. The van der Waals surface area contributed by atoms with E-state index in [0.717, 1.165) is 17.9 Å². The Hall–Kier alpha value is -2.45. The SMILES string of the molecule is COc1ccc(C(=O)Nc2nc(C)c(C(=O)NCCN(C)C)s2)cc1. The Morgan fingerprint density at radius 2 is 1.88 bits per heavy atom. The summed E-state index contributed by atoms with van der Waals surface area (Å²) in [7, 11) is 5.45. The number of methoxy groups -OCH3 is 1. The molecule has 0 unspecified atom stereocenters. The molecule has 0 atom stereocenters. The molecule has 2 N–H and O–H groups in total. The molecule has 0 fully saturated rings. The highest BCUT2D eigenvalue weighted by Crippen LogP contribution is 2.23. The van der Waals surface area contributed by atoms with E-state index in [0.29, 0.717) is 33.6 Å². The van der Waals surface area contributed by atoms with Crippen LogP contribution in [0, 0.1) is 6.92 Å². The molecule has 7 nitrogen and oxygen atoms in total. The molecule has 1 aromatic carbocycles. The van der Waals surface area contributed by atoms with Gasteiger partial charge in [0, 0.05) is 18.7 Å². The van der Waals surface area contributed by atoms with Crippen LogP contribution in [0.5, 0.6) is 5.75 Å². The lowest BCUT2D eigenvalue weighted by molar-refractivity contribution is 0.0953. The molecular weight excluding hydrogens is 340 g/mol. The summed E-state index contributed by atoms with van der Waals surface area (Å²) < 4.78 is 5.07. The molecule has 0 saturated carbocycles. The van der Waals surface area contributed by atoms with Crippen molar-refractivity contribution in [2.24, 2.45) is 0 Å². The number of thiazole rings is 1. The number of carbonyl (C=O) groups excluding carboxylic acids is 2. The lowest BCUT2D eigenvalue weighted by atomic mass is 10.2. The maximum absolute atomic E-state index is 12.3. The largest absolute Gasteiger partial charge is 0.497 e. The van der Waals surface area contributed by atoms with Crippen molar-refractivity contribution in [3.05, 3.63) is 40.4 Å². The fourth-order valence-corrected chi connectivity index (χ4v) is 2.92. The predicted molar refractivity (Wildman–Crippen MR) is 98.7 cm³/mol. The minimum Gasteiger partial charge on any atom is -0.497 e. The molecule has 1 aromatic heterocycles.